The van der Waals surface area contributed by atoms with Crippen LogP contribution in [0.2, 0.25) is 0 Å². The Bertz CT molecular complexity index is 694. The molecular weight excluding hydrogens is 370 g/mol. The summed E-state index contributed by atoms with van der Waals surface area (Å²) >= 11 is 0. The summed E-state index contributed by atoms with van der Waals surface area (Å²) in [6.07, 6.45) is 8.00. The zero-order valence-electron chi connectivity index (χ0n) is 17.2. The molecule has 0 saturated heterocycles. The van der Waals surface area contributed by atoms with Crippen LogP contribution < -0.4 is 14.8 Å². The second kappa shape index (κ2) is 12.0. The molecule has 0 amide bonds. The minimum Gasteiger partial charge on any atom is -0.490 e. The SMILES string of the molecule is CCOc1cccc(CNC2CCCCCC2)c1OCc1ccc(C)cc1.Cl. The molecule has 0 aromatic heterocycles. The zero-order valence-corrected chi connectivity index (χ0v) is 18.0. The predicted octanol–water partition coefficient (Wildman–Crippen LogP) is 6.21. The Labute approximate surface area is 176 Å². The third kappa shape index (κ3) is 6.72. The fourth-order valence-corrected chi connectivity index (χ4v) is 3.71. The minimum absolute atomic E-state index is 0. The Kier molecular flexibility index (Phi) is 9.66. The third-order valence-corrected chi connectivity index (χ3v) is 5.30. The molecule has 28 heavy (non-hydrogen) atoms. The number of hydrogen-bond donors (Lipinski definition) is 1. The Hall–Kier alpha value is -1.71. The highest BCUT2D eigenvalue weighted by Crippen LogP contribution is 2.32. The van der Waals surface area contributed by atoms with Gasteiger partial charge in [0.2, 0.25) is 0 Å². The van der Waals surface area contributed by atoms with Gasteiger partial charge in [0.15, 0.2) is 11.5 Å². The number of ether oxygens (including phenoxy) is 2. The second-order valence-electron chi connectivity index (χ2n) is 7.52. The van der Waals surface area contributed by atoms with Crippen molar-refractivity contribution in [3.8, 4) is 11.5 Å². The van der Waals surface area contributed by atoms with Crippen LogP contribution in [0.1, 0.15) is 62.1 Å². The molecule has 1 N–H and O–H groups in total. The Morgan fingerprint density at radius 1 is 0.929 bits per heavy atom. The summed E-state index contributed by atoms with van der Waals surface area (Å²) in [6, 6.07) is 15.3. The maximum atomic E-state index is 6.25. The highest BCUT2D eigenvalue weighted by molar-refractivity contribution is 5.85. The lowest BCUT2D eigenvalue weighted by Crippen LogP contribution is -2.28. The van der Waals surface area contributed by atoms with E-state index in [0.29, 0.717) is 19.3 Å². The normalized spacial score (nSPS) is 14.8. The number of nitrogens with one attached hydrogen (secondary N) is 1. The number of para-hydroxylation sites is 1. The standard InChI is InChI=1S/C24H33NO2.ClH/c1-3-26-23-12-8-9-21(17-25-22-10-6-4-5-7-11-22)24(23)27-18-20-15-13-19(2)14-16-20;/h8-9,12-16,22,25H,3-7,10-11,17-18H2,1-2H3;1H. The summed E-state index contributed by atoms with van der Waals surface area (Å²) in [7, 11) is 0. The summed E-state index contributed by atoms with van der Waals surface area (Å²) in [6.45, 7) is 6.14. The van der Waals surface area contributed by atoms with Crippen molar-refractivity contribution >= 4 is 12.4 Å². The van der Waals surface area contributed by atoms with Crippen molar-refractivity contribution in [2.24, 2.45) is 0 Å². The fraction of sp³-hybridized carbons (Fsp3) is 0.500. The van der Waals surface area contributed by atoms with Crippen molar-refractivity contribution in [1.82, 2.24) is 5.32 Å². The van der Waals surface area contributed by atoms with Crippen LogP contribution >= 0.6 is 12.4 Å². The maximum Gasteiger partial charge on any atom is 0.166 e. The molecule has 154 valence electrons. The van der Waals surface area contributed by atoms with Gasteiger partial charge in [-0.2, -0.15) is 0 Å². The molecule has 1 saturated carbocycles. The van der Waals surface area contributed by atoms with Crippen LogP contribution in [-0.4, -0.2) is 12.6 Å². The average molecular weight is 404 g/mol. The van der Waals surface area contributed by atoms with E-state index in [-0.39, 0.29) is 12.4 Å². The maximum absolute atomic E-state index is 6.25. The van der Waals surface area contributed by atoms with E-state index in [1.807, 2.05) is 13.0 Å². The van der Waals surface area contributed by atoms with Gasteiger partial charge < -0.3 is 14.8 Å². The van der Waals surface area contributed by atoms with Gasteiger partial charge in [-0.1, -0.05) is 67.6 Å². The smallest absolute Gasteiger partial charge is 0.166 e. The summed E-state index contributed by atoms with van der Waals surface area (Å²) in [5.41, 5.74) is 3.62. The molecule has 0 spiro atoms. The van der Waals surface area contributed by atoms with E-state index in [1.165, 1.54) is 55.2 Å². The molecule has 0 atom stereocenters. The van der Waals surface area contributed by atoms with Crippen LogP contribution in [0.3, 0.4) is 0 Å². The van der Waals surface area contributed by atoms with E-state index in [2.05, 4.69) is 48.6 Å². The molecule has 1 aliphatic rings. The highest BCUT2D eigenvalue weighted by atomic mass is 35.5. The van der Waals surface area contributed by atoms with Crippen molar-refractivity contribution < 1.29 is 9.47 Å². The molecule has 0 bridgehead atoms. The lowest BCUT2D eigenvalue weighted by Gasteiger charge is -2.20. The first-order valence-corrected chi connectivity index (χ1v) is 10.4. The highest BCUT2D eigenvalue weighted by Gasteiger charge is 2.15. The quantitative estimate of drug-likeness (QED) is 0.531. The van der Waals surface area contributed by atoms with Gasteiger partial charge in [0, 0.05) is 18.2 Å². The van der Waals surface area contributed by atoms with Crippen LogP contribution in [0, 0.1) is 6.92 Å². The average Bonchev–Trinajstić information content (AvgIpc) is 2.96. The Morgan fingerprint density at radius 3 is 2.32 bits per heavy atom. The van der Waals surface area contributed by atoms with Crippen molar-refractivity contribution in [2.45, 2.75) is 71.6 Å². The fourth-order valence-electron chi connectivity index (χ4n) is 3.71. The van der Waals surface area contributed by atoms with Crippen LogP contribution in [0.4, 0.5) is 0 Å². The van der Waals surface area contributed by atoms with Gasteiger partial charge in [-0.25, -0.2) is 0 Å². The number of rotatable bonds is 8. The van der Waals surface area contributed by atoms with E-state index >= 15 is 0 Å². The Morgan fingerprint density at radius 2 is 1.64 bits per heavy atom. The monoisotopic (exact) mass is 403 g/mol. The van der Waals surface area contributed by atoms with Gasteiger partial charge in [-0.15, -0.1) is 12.4 Å². The summed E-state index contributed by atoms with van der Waals surface area (Å²) in [5, 5.41) is 3.76. The molecule has 1 fully saturated rings. The lowest BCUT2D eigenvalue weighted by atomic mass is 10.1. The van der Waals surface area contributed by atoms with E-state index < -0.39 is 0 Å². The number of benzene rings is 2. The Balaban J connectivity index is 0.00000280. The van der Waals surface area contributed by atoms with Gasteiger partial charge in [0.25, 0.3) is 0 Å². The minimum atomic E-state index is 0. The van der Waals surface area contributed by atoms with Crippen LogP contribution in [0.15, 0.2) is 42.5 Å². The zero-order chi connectivity index (χ0) is 18.9. The molecule has 3 nitrogen and oxygen atoms in total. The van der Waals surface area contributed by atoms with Crippen LogP contribution in [-0.2, 0) is 13.2 Å². The molecule has 2 aromatic rings. The van der Waals surface area contributed by atoms with Crippen LogP contribution in [0.25, 0.3) is 0 Å². The molecule has 0 radical (unpaired) electrons. The van der Waals surface area contributed by atoms with Gasteiger partial charge in [-0.3, -0.25) is 0 Å². The van der Waals surface area contributed by atoms with E-state index in [1.54, 1.807) is 0 Å². The molecule has 2 aromatic carbocycles. The summed E-state index contributed by atoms with van der Waals surface area (Å²) in [5.74, 6) is 1.71. The first kappa shape index (κ1) is 22.6. The van der Waals surface area contributed by atoms with E-state index in [0.717, 1.165) is 18.0 Å². The van der Waals surface area contributed by atoms with Crippen molar-refractivity contribution in [1.29, 1.82) is 0 Å². The van der Waals surface area contributed by atoms with Crippen LogP contribution in [0.5, 0.6) is 11.5 Å². The first-order chi connectivity index (χ1) is 13.3. The van der Waals surface area contributed by atoms with Gasteiger partial charge in [0.1, 0.15) is 6.61 Å². The molecule has 4 heteroatoms. The summed E-state index contributed by atoms with van der Waals surface area (Å²) in [4.78, 5) is 0. The molecule has 0 heterocycles. The second-order valence-corrected chi connectivity index (χ2v) is 7.52. The van der Waals surface area contributed by atoms with Gasteiger partial charge in [0.05, 0.1) is 6.61 Å². The van der Waals surface area contributed by atoms with Gasteiger partial charge in [-0.05, 0) is 38.3 Å². The third-order valence-electron chi connectivity index (χ3n) is 5.30. The largest absolute Gasteiger partial charge is 0.490 e. The first-order valence-electron chi connectivity index (χ1n) is 10.4. The van der Waals surface area contributed by atoms with Crippen molar-refractivity contribution in [3.63, 3.8) is 0 Å². The van der Waals surface area contributed by atoms with Crippen molar-refractivity contribution in [2.75, 3.05) is 6.61 Å². The van der Waals surface area contributed by atoms with Gasteiger partial charge >= 0.3 is 0 Å². The lowest BCUT2D eigenvalue weighted by molar-refractivity contribution is 0.265. The topological polar surface area (TPSA) is 30.5 Å². The number of aryl methyl sites for hydroxylation is 1. The molecular formula is C24H34ClNO2. The predicted molar refractivity (Wildman–Crippen MR) is 119 cm³/mol. The molecule has 3 rings (SSSR count). The molecule has 1 aliphatic carbocycles. The number of hydrogen-bond acceptors (Lipinski definition) is 3. The molecule has 0 aliphatic heterocycles. The van der Waals surface area contributed by atoms with Crippen molar-refractivity contribution in [3.05, 3.63) is 59.2 Å². The van der Waals surface area contributed by atoms with E-state index in [4.69, 9.17) is 9.47 Å². The van der Waals surface area contributed by atoms with E-state index in [9.17, 15) is 0 Å². The number of halogens is 1. The molecule has 0 unspecified atom stereocenters. The summed E-state index contributed by atoms with van der Waals surface area (Å²) < 4.78 is 12.1.